The van der Waals surface area contributed by atoms with Gasteiger partial charge in [0, 0.05) is 10.7 Å². The number of carbonyl (C=O) groups is 3. The van der Waals surface area contributed by atoms with Crippen molar-refractivity contribution in [1.29, 1.82) is 0 Å². The molecule has 3 aromatic rings. The first-order valence-electron chi connectivity index (χ1n) is 10.0. The fourth-order valence-electron chi connectivity index (χ4n) is 3.78. The Balaban J connectivity index is 1.46. The molecular weight excluding hydrogens is 428 g/mol. The third-order valence-electron chi connectivity index (χ3n) is 5.14. The molecule has 1 N–H and O–H groups in total. The molecule has 3 amide bonds. The zero-order valence-electron chi connectivity index (χ0n) is 17.9. The second kappa shape index (κ2) is 8.48. The van der Waals surface area contributed by atoms with Crippen molar-refractivity contribution in [3.8, 4) is 5.75 Å². The summed E-state index contributed by atoms with van der Waals surface area (Å²) >= 11 is 5.98. The van der Waals surface area contributed by atoms with Gasteiger partial charge in [0.2, 0.25) is 0 Å². The molecule has 32 heavy (non-hydrogen) atoms. The average Bonchev–Trinajstić information content (AvgIpc) is 2.96. The number of nitrogens with zero attached hydrogens (tertiary/aromatic N) is 1. The predicted molar refractivity (Wildman–Crippen MR) is 124 cm³/mol. The van der Waals surface area contributed by atoms with Crippen molar-refractivity contribution in [2.24, 2.45) is 0 Å². The minimum absolute atomic E-state index is 0.136. The molecule has 0 saturated carbocycles. The minimum Gasteiger partial charge on any atom is -0.484 e. The maximum absolute atomic E-state index is 12.8. The number of halogens is 1. The van der Waals surface area contributed by atoms with Crippen LogP contribution in [0.2, 0.25) is 5.02 Å². The van der Waals surface area contributed by atoms with E-state index in [0.29, 0.717) is 33.3 Å². The molecule has 6 nitrogen and oxygen atoms in total. The zero-order chi connectivity index (χ0) is 23.0. The molecule has 3 aromatic carbocycles. The molecule has 0 atom stereocenters. The normalized spacial score (nSPS) is 12.7. The van der Waals surface area contributed by atoms with Crippen LogP contribution in [-0.2, 0) is 4.79 Å². The highest BCUT2D eigenvalue weighted by Gasteiger charge is 2.37. The van der Waals surface area contributed by atoms with E-state index < -0.39 is 11.8 Å². The summed E-state index contributed by atoms with van der Waals surface area (Å²) in [6.07, 6.45) is 0. The van der Waals surface area contributed by atoms with Crippen molar-refractivity contribution >= 4 is 40.7 Å². The molecule has 1 aliphatic heterocycles. The molecule has 1 heterocycles. The number of benzene rings is 3. The number of nitrogens with one attached hydrogen (secondary N) is 1. The summed E-state index contributed by atoms with van der Waals surface area (Å²) in [6.45, 7) is 5.57. The lowest BCUT2D eigenvalue weighted by Crippen LogP contribution is -2.30. The lowest BCUT2D eigenvalue weighted by atomic mass is 10.1. The first-order chi connectivity index (χ1) is 15.2. The number of amides is 3. The van der Waals surface area contributed by atoms with Gasteiger partial charge in [0.1, 0.15) is 5.75 Å². The van der Waals surface area contributed by atoms with Crippen LogP contribution in [0.5, 0.6) is 5.75 Å². The van der Waals surface area contributed by atoms with Gasteiger partial charge >= 0.3 is 0 Å². The van der Waals surface area contributed by atoms with Crippen LogP contribution in [0.3, 0.4) is 0 Å². The Morgan fingerprint density at radius 3 is 2.28 bits per heavy atom. The average molecular weight is 449 g/mol. The number of aryl methyl sites for hydroxylation is 3. The monoisotopic (exact) mass is 448 g/mol. The van der Waals surface area contributed by atoms with Crippen LogP contribution < -0.4 is 15.0 Å². The standard InChI is InChI=1S/C25H21ClN2O4/c1-14-8-15(2)10-19(9-14)32-13-23(29)27-18-5-7-22(16(3)11-18)28-24(30)20-6-4-17(26)12-21(20)25(28)31/h4-12H,13H2,1-3H3,(H,27,29). The molecular formula is C25H21ClN2O4. The summed E-state index contributed by atoms with van der Waals surface area (Å²) < 4.78 is 5.59. The molecule has 0 unspecified atom stereocenters. The summed E-state index contributed by atoms with van der Waals surface area (Å²) in [7, 11) is 0. The van der Waals surface area contributed by atoms with Gasteiger partial charge in [-0.1, -0.05) is 17.7 Å². The van der Waals surface area contributed by atoms with E-state index in [1.165, 1.54) is 6.07 Å². The largest absolute Gasteiger partial charge is 0.484 e. The third kappa shape index (κ3) is 4.22. The molecule has 0 aromatic heterocycles. The summed E-state index contributed by atoms with van der Waals surface area (Å²) in [6, 6.07) is 15.4. The Bertz CT molecular complexity index is 1250. The van der Waals surface area contributed by atoms with E-state index in [9.17, 15) is 14.4 Å². The maximum atomic E-state index is 12.8. The number of carbonyl (C=O) groups excluding carboxylic acids is 3. The fourth-order valence-corrected chi connectivity index (χ4v) is 3.95. The summed E-state index contributed by atoms with van der Waals surface area (Å²) in [5.41, 5.74) is 4.38. The van der Waals surface area contributed by atoms with Gasteiger partial charge in [-0.05, 0) is 86.0 Å². The van der Waals surface area contributed by atoms with Crippen LogP contribution in [0, 0.1) is 20.8 Å². The Labute approximate surface area is 190 Å². The smallest absolute Gasteiger partial charge is 0.266 e. The van der Waals surface area contributed by atoms with Crippen LogP contribution in [0.15, 0.2) is 54.6 Å². The van der Waals surface area contributed by atoms with Crippen LogP contribution >= 0.6 is 11.6 Å². The van der Waals surface area contributed by atoms with E-state index in [1.54, 1.807) is 37.3 Å². The molecule has 0 spiro atoms. The van der Waals surface area contributed by atoms with Crippen molar-refractivity contribution in [3.63, 3.8) is 0 Å². The van der Waals surface area contributed by atoms with Crippen LogP contribution in [0.1, 0.15) is 37.4 Å². The number of hydrogen-bond donors (Lipinski definition) is 1. The first-order valence-corrected chi connectivity index (χ1v) is 10.4. The topological polar surface area (TPSA) is 75.7 Å². The van der Waals surface area contributed by atoms with Crippen molar-refractivity contribution in [2.45, 2.75) is 20.8 Å². The zero-order valence-corrected chi connectivity index (χ0v) is 18.6. The SMILES string of the molecule is Cc1cc(C)cc(OCC(=O)Nc2ccc(N3C(=O)c4ccc(Cl)cc4C3=O)c(C)c2)c1. The molecule has 0 fully saturated rings. The van der Waals surface area contributed by atoms with Gasteiger partial charge in [-0.25, -0.2) is 4.90 Å². The van der Waals surface area contributed by atoms with Crippen LogP contribution in [0.4, 0.5) is 11.4 Å². The maximum Gasteiger partial charge on any atom is 0.266 e. The van der Waals surface area contributed by atoms with E-state index in [0.717, 1.165) is 16.0 Å². The summed E-state index contributed by atoms with van der Waals surface area (Å²) in [5.74, 6) is -0.501. The van der Waals surface area contributed by atoms with Gasteiger partial charge in [0.25, 0.3) is 17.7 Å². The molecule has 0 aliphatic carbocycles. The van der Waals surface area contributed by atoms with Crippen molar-refractivity contribution in [1.82, 2.24) is 0 Å². The number of ether oxygens (including phenoxy) is 1. The number of imide groups is 1. The van der Waals surface area contributed by atoms with E-state index in [4.69, 9.17) is 16.3 Å². The highest BCUT2D eigenvalue weighted by molar-refractivity contribution is 6.36. The molecule has 1 aliphatic rings. The Kier molecular flexibility index (Phi) is 5.72. The molecule has 0 saturated heterocycles. The molecule has 162 valence electrons. The molecule has 0 radical (unpaired) electrons. The quantitative estimate of drug-likeness (QED) is 0.552. The van der Waals surface area contributed by atoms with Gasteiger partial charge in [0.15, 0.2) is 6.61 Å². The molecule has 0 bridgehead atoms. The van der Waals surface area contributed by atoms with Gasteiger partial charge in [0.05, 0.1) is 16.8 Å². The Morgan fingerprint density at radius 1 is 0.906 bits per heavy atom. The number of fused-ring (bicyclic) bond motifs is 1. The second-order valence-corrected chi connectivity index (χ2v) is 8.23. The lowest BCUT2D eigenvalue weighted by molar-refractivity contribution is -0.118. The van der Waals surface area contributed by atoms with Crippen molar-refractivity contribution < 1.29 is 19.1 Å². The second-order valence-electron chi connectivity index (χ2n) is 7.80. The molecule has 7 heteroatoms. The summed E-state index contributed by atoms with van der Waals surface area (Å²) in [5, 5.41) is 3.17. The Hall–Kier alpha value is -3.64. The highest BCUT2D eigenvalue weighted by atomic mass is 35.5. The van der Waals surface area contributed by atoms with E-state index in [1.807, 2.05) is 32.0 Å². The Morgan fingerprint density at radius 2 is 1.59 bits per heavy atom. The third-order valence-corrected chi connectivity index (χ3v) is 5.37. The van der Waals surface area contributed by atoms with Gasteiger partial charge < -0.3 is 10.1 Å². The van der Waals surface area contributed by atoms with E-state index in [2.05, 4.69) is 5.32 Å². The predicted octanol–water partition coefficient (Wildman–Crippen LogP) is 5.08. The van der Waals surface area contributed by atoms with Crippen molar-refractivity contribution in [3.05, 3.63) is 87.4 Å². The first kappa shape index (κ1) is 21.6. The van der Waals surface area contributed by atoms with E-state index >= 15 is 0 Å². The van der Waals surface area contributed by atoms with Crippen molar-refractivity contribution in [2.75, 3.05) is 16.8 Å². The van der Waals surface area contributed by atoms with E-state index in [-0.39, 0.29) is 18.1 Å². The van der Waals surface area contributed by atoms with Crippen LogP contribution in [-0.4, -0.2) is 24.3 Å². The minimum atomic E-state index is -0.422. The molecule has 4 rings (SSSR count). The van der Waals surface area contributed by atoms with Gasteiger partial charge in [-0.15, -0.1) is 0 Å². The summed E-state index contributed by atoms with van der Waals surface area (Å²) in [4.78, 5) is 39.0. The number of rotatable bonds is 5. The fraction of sp³-hybridized carbons (Fsp3) is 0.160. The number of hydrogen-bond acceptors (Lipinski definition) is 4. The van der Waals surface area contributed by atoms with Gasteiger partial charge in [-0.3, -0.25) is 14.4 Å². The van der Waals surface area contributed by atoms with Gasteiger partial charge in [-0.2, -0.15) is 0 Å². The number of anilines is 2. The lowest BCUT2D eigenvalue weighted by Gasteiger charge is -2.17. The van der Waals surface area contributed by atoms with Crippen LogP contribution in [0.25, 0.3) is 0 Å². The highest BCUT2D eigenvalue weighted by Crippen LogP contribution is 2.33.